The number of hydrogen-bond donors (Lipinski definition) is 0. The van der Waals surface area contributed by atoms with E-state index in [2.05, 4.69) is 29.2 Å². The number of likely N-dealkylation sites (N-methyl/N-ethyl adjacent to an activating group) is 1. The first kappa shape index (κ1) is 23.2. The number of hydrogen-bond acceptors (Lipinski definition) is 4. The highest BCUT2D eigenvalue weighted by atomic mass is 16.5. The third-order valence-corrected chi connectivity index (χ3v) is 6.88. The van der Waals surface area contributed by atoms with E-state index in [-0.39, 0.29) is 18.4 Å². The Morgan fingerprint density at radius 1 is 1.00 bits per heavy atom. The van der Waals surface area contributed by atoms with E-state index in [0.717, 1.165) is 53.0 Å². The fourth-order valence-corrected chi connectivity index (χ4v) is 4.84. The summed E-state index contributed by atoms with van der Waals surface area (Å²) in [6.45, 7) is 3.47. The van der Waals surface area contributed by atoms with Crippen LogP contribution in [0.3, 0.4) is 0 Å². The Bertz CT molecular complexity index is 1260. The second-order valence-corrected chi connectivity index (χ2v) is 9.30. The first-order valence-electron chi connectivity index (χ1n) is 12.4. The maximum atomic E-state index is 13.5. The number of likely N-dealkylation sites (tertiary alicyclic amines) is 1. The summed E-state index contributed by atoms with van der Waals surface area (Å²) in [6, 6.07) is 26.3. The van der Waals surface area contributed by atoms with Gasteiger partial charge in [0.25, 0.3) is 0 Å². The molecule has 1 amide bonds. The number of amides is 1. The van der Waals surface area contributed by atoms with Crippen molar-refractivity contribution in [3.05, 3.63) is 102 Å². The van der Waals surface area contributed by atoms with Crippen LogP contribution in [-0.2, 0) is 17.8 Å². The van der Waals surface area contributed by atoms with Gasteiger partial charge in [-0.25, -0.2) is 0 Å². The van der Waals surface area contributed by atoms with Gasteiger partial charge in [0, 0.05) is 24.4 Å². The maximum absolute atomic E-state index is 13.5. The smallest absolute Gasteiger partial charge is 0.230 e. The van der Waals surface area contributed by atoms with Gasteiger partial charge in [-0.05, 0) is 49.2 Å². The molecule has 2 heterocycles. The molecule has 1 atom stereocenters. The van der Waals surface area contributed by atoms with Crippen molar-refractivity contribution in [2.75, 3.05) is 26.7 Å². The van der Waals surface area contributed by atoms with Gasteiger partial charge in [-0.1, -0.05) is 66.7 Å². The Hall–Kier alpha value is -3.57. The number of rotatable bonds is 9. The zero-order chi connectivity index (χ0) is 24.0. The molecule has 1 fully saturated rings. The Morgan fingerprint density at radius 3 is 2.60 bits per heavy atom. The third-order valence-electron chi connectivity index (χ3n) is 6.88. The van der Waals surface area contributed by atoms with Crippen LogP contribution in [0.1, 0.15) is 35.8 Å². The number of benzene rings is 3. The number of nitrogens with zero attached hydrogens (tertiary/aromatic N) is 2. The lowest BCUT2D eigenvalue weighted by molar-refractivity contribution is -0.132. The van der Waals surface area contributed by atoms with Crippen LogP contribution in [-0.4, -0.2) is 42.4 Å². The summed E-state index contributed by atoms with van der Waals surface area (Å²) in [6.07, 6.45) is 4.39. The number of furan rings is 1. The van der Waals surface area contributed by atoms with Gasteiger partial charge >= 0.3 is 0 Å². The van der Waals surface area contributed by atoms with E-state index < -0.39 is 0 Å². The average Bonchev–Trinajstić information content (AvgIpc) is 3.57. The highest BCUT2D eigenvalue weighted by Gasteiger charge is 2.27. The van der Waals surface area contributed by atoms with Crippen LogP contribution in [0.25, 0.3) is 10.8 Å². The predicted octanol–water partition coefficient (Wildman–Crippen LogP) is 5.85. The number of carbonyl (C=O) groups is 1. The van der Waals surface area contributed by atoms with Crippen LogP contribution in [0.5, 0.6) is 5.75 Å². The number of ether oxygens (including phenoxy) is 1. The molecule has 0 saturated carbocycles. The van der Waals surface area contributed by atoms with Gasteiger partial charge in [-0.3, -0.25) is 4.79 Å². The van der Waals surface area contributed by atoms with Crippen LogP contribution in [0, 0.1) is 0 Å². The fourth-order valence-electron chi connectivity index (χ4n) is 4.84. The zero-order valence-corrected chi connectivity index (χ0v) is 20.2. The molecule has 0 bridgehead atoms. The molecule has 0 unspecified atom stereocenters. The van der Waals surface area contributed by atoms with Crippen molar-refractivity contribution in [1.82, 2.24) is 9.80 Å². The van der Waals surface area contributed by atoms with E-state index in [9.17, 15) is 4.79 Å². The van der Waals surface area contributed by atoms with Crippen molar-refractivity contribution in [1.29, 1.82) is 0 Å². The van der Waals surface area contributed by atoms with Gasteiger partial charge in [0.1, 0.15) is 18.1 Å². The molecular formula is C30H32N2O3. The molecule has 0 aliphatic carbocycles. The Balaban J connectivity index is 1.35. The molecule has 4 aromatic rings. The Morgan fingerprint density at radius 2 is 1.77 bits per heavy atom. The predicted molar refractivity (Wildman–Crippen MR) is 138 cm³/mol. The molecule has 3 aromatic carbocycles. The second-order valence-electron chi connectivity index (χ2n) is 9.30. The lowest BCUT2D eigenvalue weighted by Crippen LogP contribution is -2.39. The molecule has 1 aliphatic rings. The van der Waals surface area contributed by atoms with E-state index in [0.29, 0.717) is 6.61 Å². The molecule has 1 saturated heterocycles. The lowest BCUT2D eigenvalue weighted by atomic mass is 10.0. The van der Waals surface area contributed by atoms with Crippen molar-refractivity contribution < 1.29 is 13.9 Å². The van der Waals surface area contributed by atoms with Gasteiger partial charge in [0.2, 0.25) is 5.91 Å². The molecule has 0 radical (unpaired) electrons. The Kier molecular flexibility index (Phi) is 7.15. The summed E-state index contributed by atoms with van der Waals surface area (Å²) in [5.74, 6) is 1.58. The summed E-state index contributed by atoms with van der Waals surface area (Å²) < 4.78 is 11.9. The minimum atomic E-state index is -0.0675. The van der Waals surface area contributed by atoms with Crippen molar-refractivity contribution >= 4 is 16.7 Å². The normalized spacial score (nSPS) is 14.8. The highest BCUT2D eigenvalue weighted by Crippen LogP contribution is 2.28. The second kappa shape index (κ2) is 10.8. The average molecular weight is 469 g/mol. The van der Waals surface area contributed by atoms with E-state index in [1.54, 1.807) is 6.26 Å². The monoisotopic (exact) mass is 468 g/mol. The van der Waals surface area contributed by atoms with Crippen molar-refractivity contribution in [3.63, 3.8) is 0 Å². The summed E-state index contributed by atoms with van der Waals surface area (Å²) >= 11 is 0. The fraction of sp³-hybridized carbons (Fsp3) is 0.300. The first-order valence-corrected chi connectivity index (χ1v) is 12.4. The Labute approximate surface area is 206 Å². The summed E-state index contributed by atoms with van der Waals surface area (Å²) in [4.78, 5) is 17.8. The summed E-state index contributed by atoms with van der Waals surface area (Å²) in [5, 5.41) is 2.02. The van der Waals surface area contributed by atoms with E-state index in [1.165, 1.54) is 12.8 Å². The number of carbonyl (C=O) groups excluding carboxylic acids is 1. The third kappa shape index (κ3) is 5.57. The molecule has 35 heavy (non-hydrogen) atoms. The van der Waals surface area contributed by atoms with Crippen LogP contribution in [0.4, 0.5) is 0 Å². The lowest BCUT2D eigenvalue weighted by Gasteiger charge is -2.32. The van der Waals surface area contributed by atoms with E-state index >= 15 is 0 Å². The quantitative estimate of drug-likeness (QED) is 0.309. The highest BCUT2D eigenvalue weighted by molar-refractivity contribution is 5.88. The minimum absolute atomic E-state index is 0.0462. The molecule has 1 aromatic heterocycles. The maximum Gasteiger partial charge on any atom is 0.230 e. The van der Waals surface area contributed by atoms with Crippen LogP contribution in [0.15, 0.2) is 89.5 Å². The van der Waals surface area contributed by atoms with Crippen LogP contribution < -0.4 is 4.74 Å². The van der Waals surface area contributed by atoms with Crippen LogP contribution in [0.2, 0.25) is 0 Å². The van der Waals surface area contributed by atoms with Gasteiger partial charge < -0.3 is 19.0 Å². The number of fused-ring (bicyclic) bond motifs is 1. The van der Waals surface area contributed by atoms with Crippen molar-refractivity contribution in [2.45, 2.75) is 31.9 Å². The molecule has 5 rings (SSSR count). The van der Waals surface area contributed by atoms with Gasteiger partial charge in [0.15, 0.2) is 0 Å². The van der Waals surface area contributed by atoms with Gasteiger partial charge in [-0.2, -0.15) is 0 Å². The van der Waals surface area contributed by atoms with E-state index in [1.807, 2.05) is 66.5 Å². The largest absolute Gasteiger partial charge is 0.489 e. The van der Waals surface area contributed by atoms with E-state index in [4.69, 9.17) is 9.15 Å². The molecule has 5 heteroatoms. The standard InChI is InChI=1S/C30H32N2O3/c1-31(30(33)19-29-27-15-6-5-12-25(27)22-35-29)28(20-32-16-7-8-17-32)24-13-9-14-26(18-24)34-21-23-10-3-2-4-11-23/h2-6,9-15,18,22,28H,7-8,16-17,19-21H2,1H3/t28-/m1/s1. The molecular weight excluding hydrogens is 436 g/mol. The molecule has 0 N–H and O–H groups in total. The topological polar surface area (TPSA) is 45.9 Å². The van der Waals surface area contributed by atoms with Gasteiger partial charge in [-0.15, -0.1) is 0 Å². The molecule has 0 spiro atoms. The summed E-state index contributed by atoms with van der Waals surface area (Å²) in [7, 11) is 1.91. The molecule has 1 aliphatic heterocycles. The minimum Gasteiger partial charge on any atom is -0.489 e. The molecule has 180 valence electrons. The SMILES string of the molecule is CN(C(=O)Cc1occ2ccccc12)[C@H](CN1CCCC1)c1cccc(OCc2ccccc2)c1. The zero-order valence-electron chi connectivity index (χ0n) is 20.2. The summed E-state index contributed by atoms with van der Waals surface area (Å²) in [5.41, 5.74) is 2.21. The van der Waals surface area contributed by atoms with Crippen molar-refractivity contribution in [2.24, 2.45) is 0 Å². The van der Waals surface area contributed by atoms with Gasteiger partial charge in [0.05, 0.1) is 18.7 Å². The van der Waals surface area contributed by atoms with Crippen LogP contribution >= 0.6 is 0 Å². The first-order chi connectivity index (χ1) is 17.2. The van der Waals surface area contributed by atoms with Crippen molar-refractivity contribution in [3.8, 4) is 5.75 Å². The molecule has 5 nitrogen and oxygen atoms in total.